The summed E-state index contributed by atoms with van der Waals surface area (Å²) in [5.41, 5.74) is 6.12. The van der Waals surface area contributed by atoms with Gasteiger partial charge in [0.25, 0.3) is 0 Å². The molecule has 1 fully saturated rings. The molecule has 1 rings (SSSR count). The fraction of sp³-hybridized carbons (Fsp3) is 1.00. The van der Waals surface area contributed by atoms with Crippen molar-refractivity contribution in [2.75, 3.05) is 20.1 Å². The van der Waals surface area contributed by atoms with Crippen LogP contribution in [0.4, 0.5) is 0 Å². The highest BCUT2D eigenvalue weighted by Gasteiger charge is 2.33. The van der Waals surface area contributed by atoms with Crippen LogP contribution >= 0.6 is 0 Å². The number of rotatable bonds is 6. The predicted molar refractivity (Wildman–Crippen MR) is 62.2 cm³/mol. The van der Waals surface area contributed by atoms with Crippen LogP contribution < -0.4 is 5.73 Å². The second-order valence-electron chi connectivity index (χ2n) is 5.24. The zero-order valence-corrected chi connectivity index (χ0v) is 10.2. The third kappa shape index (κ3) is 3.58. The minimum absolute atomic E-state index is 0.346. The van der Waals surface area contributed by atoms with Crippen LogP contribution in [-0.4, -0.2) is 31.1 Å². The van der Waals surface area contributed by atoms with E-state index < -0.39 is 0 Å². The second-order valence-corrected chi connectivity index (χ2v) is 5.24. The van der Waals surface area contributed by atoms with E-state index in [-0.39, 0.29) is 0 Å². The van der Waals surface area contributed by atoms with Gasteiger partial charge >= 0.3 is 0 Å². The third-order valence-corrected chi connectivity index (χ3v) is 3.72. The molecule has 0 heterocycles. The third-order valence-electron chi connectivity index (χ3n) is 3.72. The molecule has 84 valence electrons. The van der Waals surface area contributed by atoms with Crippen LogP contribution in [0.25, 0.3) is 0 Å². The van der Waals surface area contributed by atoms with Gasteiger partial charge in [0.1, 0.15) is 0 Å². The van der Waals surface area contributed by atoms with E-state index in [1.54, 1.807) is 0 Å². The first-order valence-corrected chi connectivity index (χ1v) is 5.98. The first-order chi connectivity index (χ1) is 6.54. The molecule has 0 amide bonds. The van der Waals surface area contributed by atoms with Gasteiger partial charge in [0.2, 0.25) is 0 Å². The molecule has 0 bridgehead atoms. The Labute approximate surface area is 88.8 Å². The van der Waals surface area contributed by atoms with Gasteiger partial charge in [-0.3, -0.25) is 0 Å². The van der Waals surface area contributed by atoms with E-state index in [0.717, 1.165) is 18.4 Å². The van der Waals surface area contributed by atoms with Crippen LogP contribution in [0.15, 0.2) is 0 Å². The van der Waals surface area contributed by atoms with Crippen LogP contribution in [0, 0.1) is 17.8 Å². The topological polar surface area (TPSA) is 29.3 Å². The molecule has 0 spiro atoms. The van der Waals surface area contributed by atoms with Crippen molar-refractivity contribution in [1.29, 1.82) is 0 Å². The maximum atomic E-state index is 6.12. The van der Waals surface area contributed by atoms with E-state index in [4.69, 9.17) is 5.73 Å². The van der Waals surface area contributed by atoms with E-state index in [0.29, 0.717) is 12.0 Å². The minimum atomic E-state index is 0.346. The molecule has 14 heavy (non-hydrogen) atoms. The van der Waals surface area contributed by atoms with Crippen molar-refractivity contribution >= 4 is 0 Å². The lowest BCUT2D eigenvalue weighted by Crippen LogP contribution is -2.40. The van der Waals surface area contributed by atoms with E-state index in [1.807, 2.05) is 0 Å². The highest BCUT2D eigenvalue weighted by molar-refractivity contribution is 4.85. The second kappa shape index (κ2) is 5.13. The molecule has 0 aliphatic heterocycles. The average Bonchev–Trinajstić information content (AvgIpc) is 2.79. The molecule has 2 heteroatoms. The van der Waals surface area contributed by atoms with Crippen LogP contribution in [0.5, 0.6) is 0 Å². The number of nitrogens with zero attached hydrogens (tertiary/aromatic N) is 1. The number of nitrogens with two attached hydrogens (primary N) is 1. The maximum absolute atomic E-state index is 6.12. The fourth-order valence-corrected chi connectivity index (χ4v) is 1.97. The SMILES string of the molecule is CCC(C)C(N)CN(C)CC1CC1C. The Morgan fingerprint density at radius 2 is 2.07 bits per heavy atom. The molecule has 0 radical (unpaired) electrons. The lowest BCUT2D eigenvalue weighted by atomic mass is 10.00. The van der Waals surface area contributed by atoms with Crippen LogP contribution in [0.2, 0.25) is 0 Å². The van der Waals surface area contributed by atoms with Gasteiger partial charge in [0, 0.05) is 19.1 Å². The molecule has 0 saturated heterocycles. The van der Waals surface area contributed by atoms with Gasteiger partial charge in [-0.2, -0.15) is 0 Å². The summed E-state index contributed by atoms with van der Waals surface area (Å²) in [5, 5.41) is 0. The van der Waals surface area contributed by atoms with Gasteiger partial charge in [-0.05, 0) is 31.2 Å². The number of likely N-dealkylation sites (N-methyl/N-ethyl adjacent to an activating group) is 1. The minimum Gasteiger partial charge on any atom is -0.326 e. The molecule has 0 aromatic heterocycles. The summed E-state index contributed by atoms with van der Waals surface area (Å²) in [4.78, 5) is 2.41. The Kier molecular flexibility index (Phi) is 4.39. The Bertz CT molecular complexity index is 170. The molecule has 4 atom stereocenters. The summed E-state index contributed by atoms with van der Waals surface area (Å²) < 4.78 is 0. The van der Waals surface area contributed by atoms with Gasteiger partial charge in [0.05, 0.1) is 0 Å². The predicted octanol–water partition coefficient (Wildman–Crippen LogP) is 1.95. The van der Waals surface area contributed by atoms with Crippen molar-refractivity contribution in [2.24, 2.45) is 23.5 Å². The van der Waals surface area contributed by atoms with Gasteiger partial charge in [-0.15, -0.1) is 0 Å². The number of hydrogen-bond acceptors (Lipinski definition) is 2. The summed E-state index contributed by atoms with van der Waals surface area (Å²) in [7, 11) is 2.20. The van der Waals surface area contributed by atoms with Gasteiger partial charge in [-0.1, -0.05) is 27.2 Å². The van der Waals surface area contributed by atoms with Gasteiger partial charge < -0.3 is 10.6 Å². The van der Waals surface area contributed by atoms with Crippen molar-refractivity contribution < 1.29 is 0 Å². The average molecular weight is 198 g/mol. The monoisotopic (exact) mass is 198 g/mol. The molecule has 2 nitrogen and oxygen atoms in total. The van der Waals surface area contributed by atoms with E-state index >= 15 is 0 Å². The molecule has 0 aromatic carbocycles. The normalized spacial score (nSPS) is 30.4. The highest BCUT2D eigenvalue weighted by Crippen LogP contribution is 2.37. The molecule has 1 saturated carbocycles. The maximum Gasteiger partial charge on any atom is 0.0193 e. The molecule has 0 aromatic rings. The summed E-state index contributed by atoms with van der Waals surface area (Å²) in [5.74, 6) is 2.55. The standard InChI is InChI=1S/C12H26N2/c1-5-9(2)12(13)8-14(4)7-11-6-10(11)3/h9-12H,5-8,13H2,1-4H3. The molecule has 1 aliphatic rings. The van der Waals surface area contributed by atoms with Crippen molar-refractivity contribution in [1.82, 2.24) is 4.90 Å². The summed E-state index contributed by atoms with van der Waals surface area (Å²) in [6.07, 6.45) is 2.61. The first-order valence-electron chi connectivity index (χ1n) is 5.98. The Morgan fingerprint density at radius 1 is 1.50 bits per heavy atom. The van der Waals surface area contributed by atoms with Crippen molar-refractivity contribution in [3.8, 4) is 0 Å². The zero-order chi connectivity index (χ0) is 10.7. The highest BCUT2D eigenvalue weighted by atomic mass is 15.1. The largest absolute Gasteiger partial charge is 0.326 e. The lowest BCUT2D eigenvalue weighted by molar-refractivity contribution is 0.262. The Morgan fingerprint density at radius 3 is 2.50 bits per heavy atom. The Balaban J connectivity index is 2.15. The smallest absolute Gasteiger partial charge is 0.0193 e. The quantitative estimate of drug-likeness (QED) is 0.707. The number of hydrogen-bond donors (Lipinski definition) is 1. The van der Waals surface area contributed by atoms with Crippen LogP contribution in [-0.2, 0) is 0 Å². The van der Waals surface area contributed by atoms with Crippen molar-refractivity contribution in [3.05, 3.63) is 0 Å². The molecule has 4 unspecified atom stereocenters. The first kappa shape index (κ1) is 12.0. The van der Waals surface area contributed by atoms with Gasteiger partial charge in [-0.25, -0.2) is 0 Å². The summed E-state index contributed by atoms with van der Waals surface area (Å²) in [6.45, 7) is 9.10. The van der Waals surface area contributed by atoms with Gasteiger partial charge in [0.15, 0.2) is 0 Å². The van der Waals surface area contributed by atoms with Crippen molar-refractivity contribution in [3.63, 3.8) is 0 Å². The fourth-order valence-electron chi connectivity index (χ4n) is 1.97. The lowest BCUT2D eigenvalue weighted by Gasteiger charge is -2.25. The van der Waals surface area contributed by atoms with Crippen LogP contribution in [0.3, 0.4) is 0 Å². The molecular formula is C12H26N2. The molecular weight excluding hydrogens is 172 g/mol. The van der Waals surface area contributed by atoms with Crippen molar-refractivity contribution in [2.45, 2.75) is 39.7 Å². The summed E-state index contributed by atoms with van der Waals surface area (Å²) >= 11 is 0. The van der Waals surface area contributed by atoms with E-state index in [1.165, 1.54) is 19.4 Å². The zero-order valence-electron chi connectivity index (χ0n) is 10.2. The van der Waals surface area contributed by atoms with Crippen LogP contribution in [0.1, 0.15) is 33.6 Å². The Hall–Kier alpha value is -0.0800. The van der Waals surface area contributed by atoms with E-state index in [9.17, 15) is 0 Å². The molecule has 1 aliphatic carbocycles. The molecule has 2 N–H and O–H groups in total. The summed E-state index contributed by atoms with van der Waals surface area (Å²) in [6, 6.07) is 0.346. The van der Waals surface area contributed by atoms with E-state index in [2.05, 4.69) is 32.7 Å².